The molecule has 6 heteroatoms. The first kappa shape index (κ1) is 20.5. The quantitative estimate of drug-likeness (QED) is 0.686. The molecule has 0 aliphatic carbocycles. The van der Waals surface area contributed by atoms with E-state index in [1.807, 2.05) is 71.6 Å². The summed E-state index contributed by atoms with van der Waals surface area (Å²) in [5.74, 6) is 0.410. The fourth-order valence-electron chi connectivity index (χ4n) is 3.72. The van der Waals surface area contributed by atoms with E-state index in [1.54, 1.807) is 19.2 Å². The lowest BCUT2D eigenvalue weighted by Gasteiger charge is -2.36. The van der Waals surface area contributed by atoms with Gasteiger partial charge in [0.1, 0.15) is 5.75 Å². The summed E-state index contributed by atoms with van der Waals surface area (Å²) < 4.78 is 5.26. The normalized spacial score (nSPS) is 13.6. The van der Waals surface area contributed by atoms with Crippen LogP contribution >= 0.6 is 0 Å². The first-order valence-electron chi connectivity index (χ1n) is 10.3. The molecule has 158 valence electrons. The van der Waals surface area contributed by atoms with Gasteiger partial charge in [-0.05, 0) is 48.5 Å². The number of carbonyl (C=O) groups is 2. The third-order valence-corrected chi connectivity index (χ3v) is 5.43. The molecule has 1 aliphatic rings. The van der Waals surface area contributed by atoms with Crippen LogP contribution in [0.1, 0.15) is 20.7 Å². The molecule has 0 bridgehead atoms. The Hall–Kier alpha value is -3.80. The van der Waals surface area contributed by atoms with Crippen molar-refractivity contribution in [3.05, 3.63) is 90.0 Å². The molecule has 0 radical (unpaired) electrons. The predicted octanol–water partition coefficient (Wildman–Crippen LogP) is 3.91. The molecule has 4 rings (SSSR count). The van der Waals surface area contributed by atoms with Gasteiger partial charge in [-0.3, -0.25) is 9.59 Å². The molecule has 0 spiro atoms. The van der Waals surface area contributed by atoms with Gasteiger partial charge in [-0.1, -0.05) is 30.3 Å². The zero-order chi connectivity index (χ0) is 21.6. The minimum absolute atomic E-state index is 0.0784. The Balaban J connectivity index is 1.35. The summed E-state index contributed by atoms with van der Waals surface area (Å²) in [6.07, 6.45) is 0. The smallest absolute Gasteiger partial charge is 0.259 e. The van der Waals surface area contributed by atoms with E-state index in [-0.39, 0.29) is 11.8 Å². The lowest BCUT2D eigenvalue weighted by atomic mass is 10.1. The lowest BCUT2D eigenvalue weighted by Crippen LogP contribution is -2.48. The molecule has 1 N–H and O–H groups in total. The van der Waals surface area contributed by atoms with Gasteiger partial charge in [0.2, 0.25) is 0 Å². The van der Waals surface area contributed by atoms with Crippen molar-refractivity contribution in [3.63, 3.8) is 0 Å². The molecule has 1 saturated heterocycles. The van der Waals surface area contributed by atoms with E-state index in [9.17, 15) is 9.59 Å². The Kier molecular flexibility index (Phi) is 6.17. The van der Waals surface area contributed by atoms with E-state index >= 15 is 0 Å². The number of ether oxygens (including phenoxy) is 1. The van der Waals surface area contributed by atoms with Crippen LogP contribution in [0.4, 0.5) is 11.4 Å². The van der Waals surface area contributed by atoms with Gasteiger partial charge in [-0.2, -0.15) is 0 Å². The summed E-state index contributed by atoms with van der Waals surface area (Å²) in [7, 11) is 1.55. The van der Waals surface area contributed by atoms with Crippen molar-refractivity contribution in [1.29, 1.82) is 0 Å². The van der Waals surface area contributed by atoms with Crippen molar-refractivity contribution >= 4 is 23.2 Å². The molecule has 0 saturated carbocycles. The van der Waals surface area contributed by atoms with E-state index < -0.39 is 0 Å². The summed E-state index contributed by atoms with van der Waals surface area (Å²) in [5, 5.41) is 2.91. The summed E-state index contributed by atoms with van der Waals surface area (Å²) in [6, 6.07) is 24.3. The average Bonchev–Trinajstić information content (AvgIpc) is 2.84. The standard InChI is InChI=1S/C25H25N3O3/c1-31-23-10-6-5-9-22(23)24(29)26-20-11-13-21(14-12-20)27-15-17-28(18-16-27)25(30)19-7-3-2-4-8-19/h2-14H,15-18H2,1H3,(H,26,29). The number of hydrogen-bond donors (Lipinski definition) is 1. The van der Waals surface area contributed by atoms with Crippen molar-refractivity contribution in [1.82, 2.24) is 4.90 Å². The molecule has 1 fully saturated rings. The maximum absolute atomic E-state index is 12.6. The molecule has 1 heterocycles. The zero-order valence-corrected chi connectivity index (χ0v) is 17.5. The highest BCUT2D eigenvalue weighted by Gasteiger charge is 2.22. The van der Waals surface area contributed by atoms with Crippen LogP contribution < -0.4 is 15.0 Å². The van der Waals surface area contributed by atoms with E-state index in [0.717, 1.165) is 30.0 Å². The van der Waals surface area contributed by atoms with Gasteiger partial charge in [0.15, 0.2) is 0 Å². The van der Waals surface area contributed by atoms with Crippen molar-refractivity contribution in [3.8, 4) is 5.75 Å². The lowest BCUT2D eigenvalue weighted by molar-refractivity contribution is 0.0746. The number of nitrogens with zero attached hydrogens (tertiary/aromatic N) is 2. The third-order valence-electron chi connectivity index (χ3n) is 5.43. The van der Waals surface area contributed by atoms with Crippen LogP contribution in [0.15, 0.2) is 78.9 Å². The Morgan fingerprint density at radius 3 is 2.13 bits per heavy atom. The third kappa shape index (κ3) is 4.69. The maximum atomic E-state index is 12.6. The number of hydrogen-bond acceptors (Lipinski definition) is 4. The van der Waals surface area contributed by atoms with Gasteiger partial charge >= 0.3 is 0 Å². The second-order valence-corrected chi connectivity index (χ2v) is 7.35. The minimum atomic E-state index is -0.210. The van der Waals surface area contributed by atoms with Gasteiger partial charge in [0, 0.05) is 43.1 Å². The highest BCUT2D eigenvalue weighted by atomic mass is 16.5. The molecule has 0 unspecified atom stereocenters. The molecule has 0 aromatic heterocycles. The van der Waals surface area contributed by atoms with E-state index in [0.29, 0.717) is 24.4 Å². The van der Waals surface area contributed by atoms with Gasteiger partial charge in [0.05, 0.1) is 12.7 Å². The summed E-state index contributed by atoms with van der Waals surface area (Å²) in [6.45, 7) is 2.90. The van der Waals surface area contributed by atoms with Crippen LogP contribution in [-0.4, -0.2) is 50.0 Å². The number of amides is 2. The van der Waals surface area contributed by atoms with Gasteiger partial charge < -0.3 is 19.9 Å². The fourth-order valence-corrected chi connectivity index (χ4v) is 3.72. The predicted molar refractivity (Wildman–Crippen MR) is 122 cm³/mol. The number of benzene rings is 3. The first-order chi connectivity index (χ1) is 15.2. The Labute approximate surface area is 182 Å². The number of rotatable bonds is 5. The Morgan fingerprint density at radius 1 is 0.806 bits per heavy atom. The van der Waals surface area contributed by atoms with E-state index in [2.05, 4.69) is 10.2 Å². The SMILES string of the molecule is COc1ccccc1C(=O)Nc1ccc(N2CCN(C(=O)c3ccccc3)CC2)cc1. The Bertz CT molecular complexity index is 1040. The number of methoxy groups -OCH3 is 1. The molecule has 3 aromatic rings. The second kappa shape index (κ2) is 9.34. The van der Waals surface area contributed by atoms with Crippen molar-refractivity contribution in [2.45, 2.75) is 0 Å². The van der Waals surface area contributed by atoms with Crippen LogP contribution in [0.2, 0.25) is 0 Å². The molecule has 3 aromatic carbocycles. The number of anilines is 2. The maximum Gasteiger partial charge on any atom is 0.259 e. The van der Waals surface area contributed by atoms with Crippen molar-refractivity contribution < 1.29 is 14.3 Å². The largest absolute Gasteiger partial charge is 0.496 e. The van der Waals surface area contributed by atoms with Gasteiger partial charge in [-0.25, -0.2) is 0 Å². The number of carbonyl (C=O) groups excluding carboxylic acids is 2. The molecular formula is C25H25N3O3. The van der Waals surface area contributed by atoms with E-state index in [4.69, 9.17) is 4.74 Å². The number of nitrogens with one attached hydrogen (secondary N) is 1. The molecule has 6 nitrogen and oxygen atoms in total. The number of para-hydroxylation sites is 1. The van der Waals surface area contributed by atoms with Crippen LogP contribution in [0.5, 0.6) is 5.75 Å². The van der Waals surface area contributed by atoms with Crippen molar-refractivity contribution in [2.24, 2.45) is 0 Å². The molecule has 2 amide bonds. The fraction of sp³-hybridized carbons (Fsp3) is 0.200. The number of piperazine rings is 1. The van der Waals surface area contributed by atoms with Crippen LogP contribution in [0.3, 0.4) is 0 Å². The molecule has 1 aliphatic heterocycles. The second-order valence-electron chi connectivity index (χ2n) is 7.35. The van der Waals surface area contributed by atoms with Crippen LogP contribution in [-0.2, 0) is 0 Å². The zero-order valence-electron chi connectivity index (χ0n) is 17.5. The highest BCUT2D eigenvalue weighted by Crippen LogP contribution is 2.22. The molecule has 31 heavy (non-hydrogen) atoms. The van der Waals surface area contributed by atoms with E-state index in [1.165, 1.54) is 0 Å². The summed E-state index contributed by atoms with van der Waals surface area (Å²) >= 11 is 0. The first-order valence-corrected chi connectivity index (χ1v) is 10.3. The van der Waals surface area contributed by atoms with Crippen LogP contribution in [0.25, 0.3) is 0 Å². The summed E-state index contributed by atoms with van der Waals surface area (Å²) in [4.78, 5) is 29.3. The minimum Gasteiger partial charge on any atom is -0.496 e. The van der Waals surface area contributed by atoms with Gasteiger partial charge in [0.25, 0.3) is 11.8 Å². The Morgan fingerprint density at radius 2 is 1.45 bits per heavy atom. The highest BCUT2D eigenvalue weighted by molar-refractivity contribution is 6.06. The average molecular weight is 415 g/mol. The topological polar surface area (TPSA) is 61.9 Å². The molecular weight excluding hydrogens is 390 g/mol. The monoisotopic (exact) mass is 415 g/mol. The van der Waals surface area contributed by atoms with Gasteiger partial charge in [-0.15, -0.1) is 0 Å². The molecule has 0 atom stereocenters. The van der Waals surface area contributed by atoms with Crippen LogP contribution in [0, 0.1) is 0 Å². The summed E-state index contributed by atoms with van der Waals surface area (Å²) in [5.41, 5.74) is 3.01. The van der Waals surface area contributed by atoms with Crippen molar-refractivity contribution in [2.75, 3.05) is 43.5 Å².